The van der Waals surface area contributed by atoms with Crippen molar-refractivity contribution < 1.29 is 0 Å². The Morgan fingerprint density at radius 1 is 0.905 bits per heavy atom. The molecule has 2 aliphatic carbocycles. The maximum atomic E-state index is 6.18. The van der Waals surface area contributed by atoms with Crippen molar-refractivity contribution in [3.05, 3.63) is 28.2 Å². The average Bonchev–Trinajstić information content (AvgIpc) is 3.32. The third-order valence-electron chi connectivity index (χ3n) is 4.41. The Morgan fingerprint density at radius 3 is 1.81 bits per heavy atom. The normalized spacial score (nSPS) is 27.6. The first-order chi connectivity index (χ1) is 9.72. The molecule has 114 valence electrons. The van der Waals surface area contributed by atoms with Gasteiger partial charge in [0.05, 0.1) is 22.1 Å². The molecule has 4 rings (SSSR count). The van der Waals surface area contributed by atoms with Gasteiger partial charge in [-0.1, -0.05) is 29.3 Å². The van der Waals surface area contributed by atoms with Crippen LogP contribution in [0, 0.1) is 11.8 Å². The second-order valence-corrected chi connectivity index (χ2v) is 6.86. The van der Waals surface area contributed by atoms with Crippen molar-refractivity contribution in [2.45, 2.75) is 37.8 Å². The second-order valence-electron chi connectivity index (χ2n) is 6.05. The van der Waals surface area contributed by atoms with Gasteiger partial charge in [0.15, 0.2) is 5.96 Å². The van der Waals surface area contributed by atoms with Crippen molar-refractivity contribution in [2.24, 2.45) is 16.8 Å². The molecule has 2 saturated carbocycles. The number of aliphatic imine (C=N–C) groups is 1. The summed E-state index contributed by atoms with van der Waals surface area (Å²) >= 11 is 12.4. The molecule has 3 aliphatic rings. The molecule has 0 spiro atoms. The van der Waals surface area contributed by atoms with E-state index in [4.69, 9.17) is 23.2 Å². The number of nitrogens with zero attached hydrogens (tertiary/aromatic N) is 1. The number of hydrogen-bond acceptors (Lipinski definition) is 1. The summed E-state index contributed by atoms with van der Waals surface area (Å²) in [5.74, 6) is 2.44. The van der Waals surface area contributed by atoms with Crippen LogP contribution in [0.4, 0.5) is 5.69 Å². The van der Waals surface area contributed by atoms with Crippen LogP contribution in [-0.4, -0.2) is 18.0 Å². The zero-order valence-electron chi connectivity index (χ0n) is 11.5. The molecule has 21 heavy (non-hydrogen) atoms. The lowest BCUT2D eigenvalue weighted by atomic mass is 10.0. The molecule has 0 amide bonds. The first kappa shape index (κ1) is 15.3. The molecular weight excluding hydrogens is 329 g/mol. The largest absolute Gasteiger partial charge is 0.351 e. The van der Waals surface area contributed by atoms with E-state index in [2.05, 4.69) is 15.6 Å². The number of guanidine groups is 1. The zero-order chi connectivity index (χ0) is 13.7. The number of nitrogens with one attached hydrogen (secondary N) is 2. The Balaban J connectivity index is 0.00000132. The van der Waals surface area contributed by atoms with Crippen LogP contribution < -0.4 is 10.6 Å². The summed E-state index contributed by atoms with van der Waals surface area (Å²) in [4.78, 5) is 4.61. The van der Waals surface area contributed by atoms with Crippen LogP contribution in [-0.2, 0) is 0 Å². The standard InChI is InChI=1S/C15H17Cl2N3.ClH/c16-10-2-1-3-11(17)14(10)20-15-18-12(8-4-5-8)13(19-15)9-6-7-9;/h1-3,8-9,12-13H,4-7H2,(H2,18,19,20);1H. The van der Waals surface area contributed by atoms with Crippen molar-refractivity contribution >= 4 is 47.3 Å². The third kappa shape index (κ3) is 3.10. The highest BCUT2D eigenvalue weighted by Gasteiger charge is 2.47. The Bertz CT molecular complexity index is 525. The van der Waals surface area contributed by atoms with Gasteiger partial charge in [0.2, 0.25) is 0 Å². The number of halogens is 3. The van der Waals surface area contributed by atoms with Crippen molar-refractivity contribution in [1.82, 2.24) is 10.6 Å². The van der Waals surface area contributed by atoms with Crippen LogP contribution in [0.1, 0.15) is 25.7 Å². The van der Waals surface area contributed by atoms with E-state index < -0.39 is 0 Å². The molecule has 0 aromatic heterocycles. The summed E-state index contributed by atoms with van der Waals surface area (Å²) in [6.45, 7) is 0. The highest BCUT2D eigenvalue weighted by Crippen LogP contribution is 2.43. The maximum Gasteiger partial charge on any atom is 0.197 e. The molecule has 1 aromatic rings. The fraction of sp³-hybridized carbons (Fsp3) is 0.533. The van der Waals surface area contributed by atoms with E-state index in [0.717, 1.165) is 17.8 Å². The van der Waals surface area contributed by atoms with Crippen molar-refractivity contribution in [2.75, 3.05) is 0 Å². The minimum absolute atomic E-state index is 0. The van der Waals surface area contributed by atoms with E-state index in [1.165, 1.54) is 25.7 Å². The SMILES string of the molecule is Cl.Clc1cccc(Cl)c1N=C1NC(C2CC2)C(C2CC2)N1. The Morgan fingerprint density at radius 2 is 1.38 bits per heavy atom. The summed E-state index contributed by atoms with van der Waals surface area (Å²) in [6.07, 6.45) is 5.34. The van der Waals surface area contributed by atoms with E-state index in [-0.39, 0.29) is 12.4 Å². The molecule has 2 atom stereocenters. The summed E-state index contributed by atoms with van der Waals surface area (Å²) < 4.78 is 0. The van der Waals surface area contributed by atoms with Crippen LogP contribution in [0.5, 0.6) is 0 Å². The predicted molar refractivity (Wildman–Crippen MR) is 90.1 cm³/mol. The monoisotopic (exact) mass is 345 g/mol. The van der Waals surface area contributed by atoms with E-state index >= 15 is 0 Å². The minimum atomic E-state index is 0. The van der Waals surface area contributed by atoms with Gasteiger partial charge in [-0.25, -0.2) is 4.99 Å². The molecule has 1 aromatic carbocycles. The van der Waals surface area contributed by atoms with E-state index in [9.17, 15) is 0 Å². The number of rotatable bonds is 3. The molecule has 3 fully saturated rings. The Kier molecular flexibility index (Phi) is 4.26. The van der Waals surface area contributed by atoms with Crippen molar-refractivity contribution in [1.29, 1.82) is 0 Å². The quantitative estimate of drug-likeness (QED) is 0.862. The molecule has 6 heteroatoms. The molecule has 2 N–H and O–H groups in total. The predicted octanol–water partition coefficient (Wildman–Crippen LogP) is 4.15. The lowest BCUT2D eigenvalue weighted by Crippen LogP contribution is -2.36. The first-order valence-electron chi connectivity index (χ1n) is 7.28. The highest BCUT2D eigenvalue weighted by atomic mass is 35.5. The van der Waals surface area contributed by atoms with Crippen LogP contribution in [0.2, 0.25) is 10.0 Å². The molecule has 0 radical (unpaired) electrons. The second kappa shape index (κ2) is 5.86. The molecule has 1 heterocycles. The maximum absolute atomic E-state index is 6.18. The smallest absolute Gasteiger partial charge is 0.197 e. The van der Waals surface area contributed by atoms with E-state index in [1.54, 1.807) is 0 Å². The summed E-state index contributed by atoms with van der Waals surface area (Å²) in [7, 11) is 0. The molecule has 0 bridgehead atoms. The van der Waals surface area contributed by atoms with Gasteiger partial charge in [-0.15, -0.1) is 12.4 Å². The lowest BCUT2D eigenvalue weighted by molar-refractivity contribution is 0.425. The van der Waals surface area contributed by atoms with E-state index in [0.29, 0.717) is 27.8 Å². The summed E-state index contributed by atoms with van der Waals surface area (Å²) in [5, 5.41) is 8.28. The summed E-state index contributed by atoms with van der Waals surface area (Å²) in [5.41, 5.74) is 0.650. The van der Waals surface area contributed by atoms with Gasteiger partial charge < -0.3 is 10.6 Å². The first-order valence-corrected chi connectivity index (χ1v) is 8.04. The fourth-order valence-corrected chi connectivity index (χ4v) is 3.52. The van der Waals surface area contributed by atoms with Gasteiger partial charge in [0, 0.05) is 0 Å². The van der Waals surface area contributed by atoms with Crippen molar-refractivity contribution in [3.8, 4) is 0 Å². The number of hydrogen-bond donors (Lipinski definition) is 2. The van der Waals surface area contributed by atoms with Gasteiger partial charge in [-0.05, 0) is 49.7 Å². The molecular formula is C15H18Cl3N3. The van der Waals surface area contributed by atoms with Gasteiger partial charge in [0.1, 0.15) is 5.69 Å². The lowest BCUT2D eigenvalue weighted by Gasteiger charge is -2.16. The van der Waals surface area contributed by atoms with Crippen LogP contribution in [0.15, 0.2) is 23.2 Å². The zero-order valence-corrected chi connectivity index (χ0v) is 13.8. The summed E-state index contributed by atoms with van der Waals surface area (Å²) in [6, 6.07) is 6.53. The van der Waals surface area contributed by atoms with Crippen LogP contribution in [0.25, 0.3) is 0 Å². The van der Waals surface area contributed by atoms with Gasteiger partial charge in [-0.3, -0.25) is 0 Å². The van der Waals surface area contributed by atoms with Gasteiger partial charge >= 0.3 is 0 Å². The average molecular weight is 347 g/mol. The molecule has 1 saturated heterocycles. The highest BCUT2D eigenvalue weighted by molar-refractivity contribution is 6.38. The Labute approximate surface area is 140 Å². The Hall–Kier alpha value is -0.640. The van der Waals surface area contributed by atoms with Crippen LogP contribution in [0.3, 0.4) is 0 Å². The molecule has 2 unspecified atom stereocenters. The fourth-order valence-electron chi connectivity index (χ4n) is 3.04. The number of para-hydroxylation sites is 1. The number of benzene rings is 1. The van der Waals surface area contributed by atoms with Gasteiger partial charge in [-0.2, -0.15) is 0 Å². The van der Waals surface area contributed by atoms with Crippen LogP contribution >= 0.6 is 35.6 Å². The van der Waals surface area contributed by atoms with Gasteiger partial charge in [0.25, 0.3) is 0 Å². The third-order valence-corrected chi connectivity index (χ3v) is 5.02. The van der Waals surface area contributed by atoms with E-state index in [1.807, 2.05) is 18.2 Å². The topological polar surface area (TPSA) is 36.4 Å². The van der Waals surface area contributed by atoms with Crippen molar-refractivity contribution in [3.63, 3.8) is 0 Å². The molecule has 3 nitrogen and oxygen atoms in total. The molecule has 1 aliphatic heterocycles. The minimum Gasteiger partial charge on any atom is -0.351 e.